The summed E-state index contributed by atoms with van der Waals surface area (Å²) < 4.78 is 10.9. The number of aliphatic hydroxyl groups excluding tert-OH is 1. The van der Waals surface area contributed by atoms with E-state index < -0.39 is 6.10 Å². The van der Waals surface area contributed by atoms with Crippen molar-refractivity contribution in [1.82, 2.24) is 5.16 Å². The highest BCUT2D eigenvalue weighted by atomic mass is 16.5. The van der Waals surface area contributed by atoms with Crippen molar-refractivity contribution in [3.8, 4) is 5.75 Å². The summed E-state index contributed by atoms with van der Waals surface area (Å²) in [7, 11) is 0. The number of ether oxygens (including phenoxy) is 1. The van der Waals surface area contributed by atoms with Crippen LogP contribution in [-0.4, -0.2) is 10.3 Å². The van der Waals surface area contributed by atoms with Crippen molar-refractivity contribution < 1.29 is 14.4 Å². The van der Waals surface area contributed by atoms with Crippen LogP contribution in [0.15, 0.2) is 28.8 Å². The van der Waals surface area contributed by atoms with Gasteiger partial charge in [-0.25, -0.2) is 0 Å². The van der Waals surface area contributed by atoms with Crippen LogP contribution in [0.3, 0.4) is 0 Å². The Morgan fingerprint density at radius 2 is 2.05 bits per heavy atom. The van der Waals surface area contributed by atoms with Crippen LogP contribution in [0.5, 0.6) is 5.75 Å². The molecule has 0 aliphatic rings. The SMILES string of the molecule is CCC(O)c1ccccc1OCc1c(C)noc1C. The largest absolute Gasteiger partial charge is 0.488 e. The zero-order chi connectivity index (χ0) is 13.8. The van der Waals surface area contributed by atoms with Crippen LogP contribution in [0.1, 0.15) is 42.0 Å². The van der Waals surface area contributed by atoms with Gasteiger partial charge in [0.15, 0.2) is 0 Å². The summed E-state index contributed by atoms with van der Waals surface area (Å²) in [6.07, 6.45) is 0.159. The number of benzene rings is 1. The van der Waals surface area contributed by atoms with Crippen molar-refractivity contribution in [3.63, 3.8) is 0 Å². The maximum absolute atomic E-state index is 9.97. The van der Waals surface area contributed by atoms with Crippen molar-refractivity contribution in [1.29, 1.82) is 0 Å². The highest BCUT2D eigenvalue weighted by molar-refractivity contribution is 5.35. The van der Waals surface area contributed by atoms with E-state index in [0.29, 0.717) is 18.8 Å². The van der Waals surface area contributed by atoms with Gasteiger partial charge in [0.2, 0.25) is 0 Å². The van der Waals surface area contributed by atoms with E-state index in [2.05, 4.69) is 5.16 Å². The van der Waals surface area contributed by atoms with E-state index in [1.54, 1.807) is 0 Å². The number of hydrogen-bond acceptors (Lipinski definition) is 4. The average Bonchev–Trinajstić information content (AvgIpc) is 2.75. The molecule has 1 atom stereocenters. The number of rotatable bonds is 5. The molecule has 4 nitrogen and oxygen atoms in total. The fourth-order valence-electron chi connectivity index (χ4n) is 1.97. The molecule has 102 valence electrons. The maximum Gasteiger partial charge on any atom is 0.140 e. The van der Waals surface area contributed by atoms with Gasteiger partial charge in [-0.05, 0) is 26.3 Å². The zero-order valence-corrected chi connectivity index (χ0v) is 11.5. The molecule has 4 heteroatoms. The van der Waals surface area contributed by atoms with E-state index in [0.717, 1.165) is 22.6 Å². The zero-order valence-electron chi connectivity index (χ0n) is 11.5. The monoisotopic (exact) mass is 261 g/mol. The van der Waals surface area contributed by atoms with Gasteiger partial charge >= 0.3 is 0 Å². The van der Waals surface area contributed by atoms with Gasteiger partial charge in [0.1, 0.15) is 18.1 Å². The molecular weight excluding hydrogens is 242 g/mol. The van der Waals surface area contributed by atoms with E-state index >= 15 is 0 Å². The smallest absolute Gasteiger partial charge is 0.140 e. The van der Waals surface area contributed by atoms with Gasteiger partial charge in [0, 0.05) is 5.56 Å². The first-order valence-corrected chi connectivity index (χ1v) is 6.45. The molecular formula is C15H19NO3. The van der Waals surface area contributed by atoms with Gasteiger partial charge in [-0.15, -0.1) is 0 Å². The highest BCUT2D eigenvalue weighted by Gasteiger charge is 2.13. The van der Waals surface area contributed by atoms with Crippen molar-refractivity contribution in [2.45, 2.75) is 39.9 Å². The van der Waals surface area contributed by atoms with Crippen LogP contribution >= 0.6 is 0 Å². The summed E-state index contributed by atoms with van der Waals surface area (Å²) in [6.45, 7) is 6.10. The molecule has 0 spiro atoms. The summed E-state index contributed by atoms with van der Waals surface area (Å²) in [5, 5.41) is 13.9. The number of hydrogen-bond donors (Lipinski definition) is 1. The van der Waals surface area contributed by atoms with Crippen molar-refractivity contribution in [3.05, 3.63) is 46.8 Å². The molecule has 1 unspecified atom stereocenters. The predicted octanol–water partition coefficient (Wildman–Crippen LogP) is 3.31. The number of aromatic nitrogens is 1. The van der Waals surface area contributed by atoms with Crippen molar-refractivity contribution in [2.24, 2.45) is 0 Å². The Balaban J connectivity index is 2.16. The molecule has 0 aliphatic carbocycles. The number of para-hydroxylation sites is 1. The normalized spacial score (nSPS) is 12.4. The lowest BCUT2D eigenvalue weighted by molar-refractivity contribution is 0.166. The van der Waals surface area contributed by atoms with Gasteiger partial charge in [-0.2, -0.15) is 0 Å². The van der Waals surface area contributed by atoms with E-state index in [9.17, 15) is 5.11 Å². The third-order valence-corrected chi connectivity index (χ3v) is 3.22. The second-order valence-corrected chi connectivity index (χ2v) is 4.55. The number of nitrogens with zero attached hydrogens (tertiary/aromatic N) is 1. The Kier molecular flexibility index (Phi) is 4.22. The molecule has 1 aromatic heterocycles. The van der Waals surface area contributed by atoms with Gasteiger partial charge < -0.3 is 14.4 Å². The van der Waals surface area contributed by atoms with Gasteiger partial charge in [-0.3, -0.25) is 0 Å². The molecule has 1 heterocycles. The van der Waals surface area contributed by atoms with Crippen molar-refractivity contribution >= 4 is 0 Å². The van der Waals surface area contributed by atoms with Gasteiger partial charge in [0.25, 0.3) is 0 Å². The number of aryl methyl sites for hydroxylation is 2. The average molecular weight is 261 g/mol. The van der Waals surface area contributed by atoms with Crippen LogP contribution < -0.4 is 4.74 Å². The lowest BCUT2D eigenvalue weighted by Gasteiger charge is -2.14. The Labute approximate surface area is 113 Å². The van der Waals surface area contributed by atoms with Crippen LogP contribution in [0.2, 0.25) is 0 Å². The molecule has 0 fully saturated rings. The minimum Gasteiger partial charge on any atom is -0.488 e. The fourth-order valence-corrected chi connectivity index (χ4v) is 1.97. The minimum atomic E-state index is -0.499. The molecule has 0 amide bonds. The molecule has 0 saturated carbocycles. The molecule has 0 saturated heterocycles. The quantitative estimate of drug-likeness (QED) is 0.897. The predicted molar refractivity (Wildman–Crippen MR) is 72.0 cm³/mol. The summed E-state index contributed by atoms with van der Waals surface area (Å²) in [6, 6.07) is 7.55. The summed E-state index contributed by atoms with van der Waals surface area (Å²) in [5.41, 5.74) is 2.61. The Bertz CT molecular complexity index is 529. The molecule has 0 bridgehead atoms. The van der Waals surface area contributed by atoms with Crippen molar-refractivity contribution in [2.75, 3.05) is 0 Å². The van der Waals surface area contributed by atoms with E-state index in [1.165, 1.54) is 0 Å². The molecule has 2 rings (SSSR count). The first-order valence-electron chi connectivity index (χ1n) is 6.45. The van der Waals surface area contributed by atoms with Gasteiger partial charge in [-0.1, -0.05) is 30.3 Å². The van der Waals surface area contributed by atoms with E-state index in [-0.39, 0.29) is 0 Å². The molecule has 0 radical (unpaired) electrons. The lowest BCUT2D eigenvalue weighted by atomic mass is 10.1. The van der Waals surface area contributed by atoms with Crippen LogP contribution in [0.25, 0.3) is 0 Å². The molecule has 0 aliphatic heterocycles. The van der Waals surface area contributed by atoms with Crippen LogP contribution in [0, 0.1) is 13.8 Å². The van der Waals surface area contributed by atoms with Crippen LogP contribution in [-0.2, 0) is 6.61 Å². The third-order valence-electron chi connectivity index (χ3n) is 3.22. The first-order chi connectivity index (χ1) is 9.13. The molecule has 2 aromatic rings. The fraction of sp³-hybridized carbons (Fsp3) is 0.400. The minimum absolute atomic E-state index is 0.397. The Hall–Kier alpha value is -1.81. The molecule has 1 N–H and O–H groups in total. The maximum atomic E-state index is 9.97. The van der Waals surface area contributed by atoms with E-state index in [1.807, 2.05) is 45.0 Å². The molecule has 19 heavy (non-hydrogen) atoms. The first kappa shape index (κ1) is 13.6. The highest BCUT2D eigenvalue weighted by Crippen LogP contribution is 2.28. The third kappa shape index (κ3) is 2.96. The lowest BCUT2D eigenvalue weighted by Crippen LogP contribution is -2.03. The van der Waals surface area contributed by atoms with Gasteiger partial charge in [0.05, 0.1) is 17.4 Å². The Morgan fingerprint density at radius 3 is 2.68 bits per heavy atom. The number of aliphatic hydroxyl groups is 1. The summed E-state index contributed by atoms with van der Waals surface area (Å²) in [4.78, 5) is 0. The van der Waals surface area contributed by atoms with E-state index in [4.69, 9.17) is 9.26 Å². The topological polar surface area (TPSA) is 55.5 Å². The second-order valence-electron chi connectivity index (χ2n) is 4.55. The summed E-state index contributed by atoms with van der Waals surface area (Å²) >= 11 is 0. The van der Waals surface area contributed by atoms with Crippen LogP contribution in [0.4, 0.5) is 0 Å². The molecule has 1 aromatic carbocycles. The summed E-state index contributed by atoms with van der Waals surface area (Å²) in [5.74, 6) is 1.47. The standard InChI is InChI=1S/C15H19NO3/c1-4-14(17)12-7-5-6-8-15(12)18-9-13-10(2)16-19-11(13)3/h5-8,14,17H,4,9H2,1-3H3. The second kappa shape index (κ2) is 5.89. The Morgan fingerprint density at radius 1 is 1.32 bits per heavy atom.